The summed E-state index contributed by atoms with van der Waals surface area (Å²) in [5.74, 6) is -0.122. The van der Waals surface area contributed by atoms with E-state index in [1.165, 1.54) is 6.33 Å². The van der Waals surface area contributed by atoms with Gasteiger partial charge in [0.05, 0.1) is 22.5 Å². The predicted molar refractivity (Wildman–Crippen MR) is 103 cm³/mol. The van der Waals surface area contributed by atoms with Crippen LogP contribution >= 0.6 is 0 Å². The van der Waals surface area contributed by atoms with Gasteiger partial charge in [0.2, 0.25) is 5.91 Å². The summed E-state index contributed by atoms with van der Waals surface area (Å²) in [6, 6.07) is 9.96. The Kier molecular flexibility index (Phi) is 4.63. The number of hydrogen-bond acceptors (Lipinski definition) is 5. The zero-order valence-corrected chi connectivity index (χ0v) is 16.4. The average Bonchev–Trinajstić information content (AvgIpc) is 2.71. The minimum absolute atomic E-state index is 0.0320. The lowest BCUT2D eigenvalue weighted by atomic mass is 9.76. The fourth-order valence-corrected chi connectivity index (χ4v) is 4.47. The highest BCUT2D eigenvalue weighted by atomic mass is 16.5. The molecule has 2 fully saturated rings. The van der Waals surface area contributed by atoms with Gasteiger partial charge in [0.1, 0.15) is 19.0 Å². The summed E-state index contributed by atoms with van der Waals surface area (Å²) in [6.07, 6.45) is 1.80. The third kappa shape index (κ3) is 2.77. The van der Waals surface area contributed by atoms with Crippen molar-refractivity contribution in [2.75, 3.05) is 26.7 Å². The van der Waals surface area contributed by atoms with Gasteiger partial charge in [-0.1, -0.05) is 30.3 Å². The van der Waals surface area contributed by atoms with E-state index in [-0.39, 0.29) is 24.5 Å². The first-order chi connectivity index (χ1) is 13.4. The Morgan fingerprint density at radius 2 is 1.86 bits per heavy atom. The van der Waals surface area contributed by atoms with E-state index in [9.17, 15) is 9.59 Å². The normalized spacial score (nSPS) is 24.8. The molecule has 146 valence electrons. The first-order valence-corrected chi connectivity index (χ1v) is 9.46. The molecule has 1 aromatic heterocycles. The number of hydrogen-bond donors (Lipinski definition) is 0. The maximum absolute atomic E-state index is 13.2. The van der Waals surface area contributed by atoms with Crippen molar-refractivity contribution >= 4 is 11.8 Å². The van der Waals surface area contributed by atoms with Gasteiger partial charge in [0, 0.05) is 20.1 Å². The van der Waals surface area contributed by atoms with Gasteiger partial charge in [-0.15, -0.1) is 0 Å². The monoisotopic (exact) mass is 380 g/mol. The van der Waals surface area contributed by atoms with Crippen LogP contribution in [0.5, 0.6) is 0 Å². The molecule has 2 aliphatic heterocycles. The SMILES string of the molecule is Cc1ncnc(C)c1C(=O)N1CC[C@]2(c3ccccc3)[C@@H](C1)OCC(=O)N2C. The largest absolute Gasteiger partial charge is 0.364 e. The highest BCUT2D eigenvalue weighted by molar-refractivity contribution is 5.96. The lowest BCUT2D eigenvalue weighted by Crippen LogP contribution is -2.67. The van der Waals surface area contributed by atoms with Crippen LogP contribution in [0.1, 0.15) is 33.7 Å². The van der Waals surface area contributed by atoms with Crippen LogP contribution in [0.4, 0.5) is 0 Å². The van der Waals surface area contributed by atoms with Crippen molar-refractivity contribution in [1.82, 2.24) is 19.8 Å². The molecule has 0 bridgehead atoms. The summed E-state index contributed by atoms with van der Waals surface area (Å²) in [7, 11) is 1.83. The average molecular weight is 380 g/mol. The van der Waals surface area contributed by atoms with Crippen LogP contribution in [0, 0.1) is 13.8 Å². The van der Waals surface area contributed by atoms with Gasteiger partial charge in [-0.2, -0.15) is 0 Å². The van der Waals surface area contributed by atoms with Crippen LogP contribution in [0.2, 0.25) is 0 Å². The number of likely N-dealkylation sites (N-methyl/N-ethyl adjacent to an activating group) is 1. The molecular formula is C21H24N4O3. The highest BCUT2D eigenvalue weighted by Gasteiger charge is 2.53. The van der Waals surface area contributed by atoms with E-state index < -0.39 is 5.54 Å². The summed E-state index contributed by atoms with van der Waals surface area (Å²) in [4.78, 5) is 37.6. The summed E-state index contributed by atoms with van der Waals surface area (Å²) in [5, 5.41) is 0. The number of aromatic nitrogens is 2. The van der Waals surface area contributed by atoms with Gasteiger partial charge < -0.3 is 14.5 Å². The number of aryl methyl sites for hydroxylation is 2. The molecule has 3 heterocycles. The standard InChI is InChI=1S/C21H24N4O3/c1-14-19(15(2)23-13-22-14)20(27)25-10-9-21(16-7-5-4-6-8-16)17(11-25)28-12-18(26)24(21)3/h4-8,13,17H,9-12H2,1-3H3/t17-,21+/m1/s1. The van der Waals surface area contributed by atoms with Crippen LogP contribution in [-0.4, -0.2) is 64.4 Å². The third-order valence-corrected chi connectivity index (χ3v) is 6.06. The van der Waals surface area contributed by atoms with E-state index in [1.807, 2.05) is 51.2 Å². The summed E-state index contributed by atoms with van der Waals surface area (Å²) >= 11 is 0. The number of nitrogens with zero attached hydrogens (tertiary/aromatic N) is 4. The molecule has 7 heteroatoms. The number of piperidine rings is 1. The quantitative estimate of drug-likeness (QED) is 0.793. The molecule has 7 nitrogen and oxygen atoms in total. The zero-order chi connectivity index (χ0) is 19.9. The van der Waals surface area contributed by atoms with Gasteiger partial charge in [-0.3, -0.25) is 9.59 Å². The number of benzene rings is 1. The molecule has 0 aliphatic carbocycles. The van der Waals surface area contributed by atoms with Gasteiger partial charge in [-0.25, -0.2) is 9.97 Å². The molecule has 0 radical (unpaired) electrons. The Morgan fingerprint density at radius 1 is 1.18 bits per heavy atom. The van der Waals surface area contributed by atoms with Gasteiger partial charge in [0.25, 0.3) is 5.91 Å². The third-order valence-electron chi connectivity index (χ3n) is 6.06. The number of ether oxygens (including phenoxy) is 1. The molecule has 2 atom stereocenters. The van der Waals surface area contributed by atoms with Gasteiger partial charge >= 0.3 is 0 Å². The number of carbonyl (C=O) groups excluding carboxylic acids is 2. The van der Waals surface area contributed by atoms with Crippen molar-refractivity contribution in [3.8, 4) is 0 Å². The van der Waals surface area contributed by atoms with Crippen molar-refractivity contribution in [3.05, 3.63) is 59.2 Å². The van der Waals surface area contributed by atoms with E-state index in [0.29, 0.717) is 36.5 Å². The maximum Gasteiger partial charge on any atom is 0.257 e. The maximum atomic E-state index is 13.2. The number of amides is 2. The molecular weight excluding hydrogens is 356 g/mol. The summed E-state index contributed by atoms with van der Waals surface area (Å²) < 4.78 is 5.98. The summed E-state index contributed by atoms with van der Waals surface area (Å²) in [6.45, 7) is 4.62. The number of rotatable bonds is 2. The van der Waals surface area contributed by atoms with Crippen molar-refractivity contribution in [2.24, 2.45) is 0 Å². The Labute approximate surface area is 164 Å². The zero-order valence-electron chi connectivity index (χ0n) is 16.4. The number of fused-ring (bicyclic) bond motifs is 1. The fraction of sp³-hybridized carbons (Fsp3) is 0.429. The van der Waals surface area contributed by atoms with Crippen LogP contribution in [0.3, 0.4) is 0 Å². The first-order valence-electron chi connectivity index (χ1n) is 9.46. The van der Waals surface area contributed by atoms with E-state index in [4.69, 9.17) is 4.74 Å². The van der Waals surface area contributed by atoms with Crippen LogP contribution in [0.15, 0.2) is 36.7 Å². The van der Waals surface area contributed by atoms with Gasteiger partial charge in [-0.05, 0) is 25.8 Å². The topological polar surface area (TPSA) is 75.6 Å². The van der Waals surface area contributed by atoms with Crippen molar-refractivity contribution < 1.29 is 14.3 Å². The molecule has 2 aromatic rings. The van der Waals surface area contributed by atoms with E-state index in [1.54, 1.807) is 9.80 Å². The predicted octanol–water partition coefficient (Wildman–Crippen LogP) is 1.69. The van der Waals surface area contributed by atoms with Crippen molar-refractivity contribution in [2.45, 2.75) is 31.9 Å². The molecule has 0 N–H and O–H groups in total. The van der Waals surface area contributed by atoms with E-state index in [0.717, 1.165) is 5.56 Å². The molecule has 2 aliphatic rings. The molecule has 1 aromatic carbocycles. The second-order valence-corrected chi connectivity index (χ2v) is 7.46. The summed E-state index contributed by atoms with van der Waals surface area (Å²) in [5.41, 5.74) is 2.38. The lowest BCUT2D eigenvalue weighted by molar-refractivity contribution is -0.180. The number of likely N-dealkylation sites (tertiary alicyclic amines) is 1. The fourth-order valence-electron chi connectivity index (χ4n) is 4.47. The highest BCUT2D eigenvalue weighted by Crippen LogP contribution is 2.42. The molecule has 28 heavy (non-hydrogen) atoms. The minimum Gasteiger partial charge on any atom is -0.364 e. The van der Waals surface area contributed by atoms with Crippen molar-refractivity contribution in [1.29, 1.82) is 0 Å². The Balaban J connectivity index is 1.68. The second-order valence-electron chi connectivity index (χ2n) is 7.46. The van der Waals surface area contributed by atoms with Crippen molar-refractivity contribution in [3.63, 3.8) is 0 Å². The second kappa shape index (κ2) is 6.98. The molecule has 4 rings (SSSR count). The van der Waals surface area contributed by atoms with Gasteiger partial charge in [0.15, 0.2) is 0 Å². The number of morpholine rings is 1. The lowest BCUT2D eigenvalue weighted by Gasteiger charge is -2.54. The number of carbonyl (C=O) groups is 2. The van der Waals surface area contributed by atoms with E-state index in [2.05, 4.69) is 9.97 Å². The smallest absolute Gasteiger partial charge is 0.257 e. The minimum atomic E-state index is -0.565. The van der Waals surface area contributed by atoms with Crippen LogP contribution in [0.25, 0.3) is 0 Å². The van der Waals surface area contributed by atoms with E-state index >= 15 is 0 Å². The molecule has 0 unspecified atom stereocenters. The molecule has 2 saturated heterocycles. The molecule has 2 amide bonds. The van der Waals surface area contributed by atoms with Crippen LogP contribution < -0.4 is 0 Å². The Morgan fingerprint density at radius 3 is 2.54 bits per heavy atom. The first kappa shape index (κ1) is 18.6. The Bertz CT molecular complexity index is 897. The molecule has 0 spiro atoms. The van der Waals surface area contributed by atoms with Crippen LogP contribution in [-0.2, 0) is 15.1 Å². The Hall–Kier alpha value is -2.80. The molecule has 0 saturated carbocycles.